The molecule has 1 unspecified atom stereocenters. The molecule has 0 radical (unpaired) electrons. The molecule has 0 aliphatic heterocycles. The maximum absolute atomic E-state index is 6.45. The quantitative estimate of drug-likeness (QED) is 0.800. The fourth-order valence-electron chi connectivity index (χ4n) is 2.91. The third-order valence-electron chi connectivity index (χ3n) is 4.12. The van der Waals surface area contributed by atoms with Crippen LogP contribution in [0.2, 0.25) is 0 Å². The molecule has 1 aliphatic carbocycles. The fraction of sp³-hybridized carbons (Fsp3) is 0.529. The van der Waals surface area contributed by atoms with Crippen molar-refractivity contribution in [1.82, 2.24) is 0 Å². The Kier molecular flexibility index (Phi) is 4.59. The standard InChI is InChI=1S/C17H23NS2/c1-2-13-8-9-14(19-13)11-15(18)17-10-12-6-4-3-5-7-16(12)20-17/h8-10,15H,2-7,11,18H2,1H3. The first-order valence-electron chi connectivity index (χ1n) is 7.71. The van der Waals surface area contributed by atoms with Gasteiger partial charge < -0.3 is 5.73 Å². The van der Waals surface area contributed by atoms with Crippen LogP contribution in [0.25, 0.3) is 0 Å². The van der Waals surface area contributed by atoms with Crippen molar-refractivity contribution in [2.24, 2.45) is 5.73 Å². The average Bonchev–Trinajstić information content (AvgIpc) is 3.01. The molecule has 0 saturated heterocycles. The van der Waals surface area contributed by atoms with Crippen LogP contribution in [0.3, 0.4) is 0 Å². The zero-order valence-corrected chi connectivity index (χ0v) is 13.8. The van der Waals surface area contributed by atoms with E-state index in [1.165, 1.54) is 46.7 Å². The molecule has 2 N–H and O–H groups in total. The summed E-state index contributed by atoms with van der Waals surface area (Å²) in [5.74, 6) is 0. The van der Waals surface area contributed by atoms with Gasteiger partial charge in [-0.25, -0.2) is 0 Å². The molecular weight excluding hydrogens is 282 g/mol. The smallest absolute Gasteiger partial charge is 0.0438 e. The Balaban J connectivity index is 1.72. The molecule has 0 saturated carbocycles. The molecule has 0 fully saturated rings. The number of aryl methyl sites for hydroxylation is 3. The molecule has 0 aromatic carbocycles. The Bertz CT molecular complexity index is 544. The second kappa shape index (κ2) is 6.42. The van der Waals surface area contributed by atoms with Crippen molar-refractivity contribution in [1.29, 1.82) is 0 Å². The van der Waals surface area contributed by atoms with E-state index in [2.05, 4.69) is 25.1 Å². The van der Waals surface area contributed by atoms with Crippen molar-refractivity contribution in [2.45, 2.75) is 57.9 Å². The highest BCUT2D eigenvalue weighted by Gasteiger charge is 2.17. The number of fused-ring (bicyclic) bond motifs is 1. The molecule has 2 aromatic rings. The Hall–Kier alpha value is -0.640. The minimum atomic E-state index is 0.176. The highest BCUT2D eigenvalue weighted by molar-refractivity contribution is 7.12. The summed E-state index contributed by atoms with van der Waals surface area (Å²) in [5, 5.41) is 0. The van der Waals surface area contributed by atoms with Gasteiger partial charge in [0.1, 0.15) is 0 Å². The highest BCUT2D eigenvalue weighted by atomic mass is 32.1. The van der Waals surface area contributed by atoms with E-state index >= 15 is 0 Å². The summed E-state index contributed by atoms with van der Waals surface area (Å²) < 4.78 is 0. The number of hydrogen-bond acceptors (Lipinski definition) is 3. The van der Waals surface area contributed by atoms with Crippen LogP contribution in [-0.4, -0.2) is 0 Å². The normalized spacial score (nSPS) is 16.7. The molecule has 0 amide bonds. The number of nitrogens with two attached hydrogens (primary N) is 1. The predicted octanol–water partition coefficient (Wildman–Crippen LogP) is 4.88. The van der Waals surface area contributed by atoms with Gasteiger partial charge in [0.15, 0.2) is 0 Å². The van der Waals surface area contributed by atoms with Crippen LogP contribution in [0.5, 0.6) is 0 Å². The van der Waals surface area contributed by atoms with E-state index in [1.807, 2.05) is 22.7 Å². The zero-order valence-electron chi connectivity index (χ0n) is 12.2. The van der Waals surface area contributed by atoms with Crippen molar-refractivity contribution in [3.05, 3.63) is 43.3 Å². The van der Waals surface area contributed by atoms with E-state index < -0.39 is 0 Å². The third kappa shape index (κ3) is 3.16. The van der Waals surface area contributed by atoms with Gasteiger partial charge in [0, 0.05) is 32.0 Å². The van der Waals surface area contributed by atoms with Gasteiger partial charge in [0.05, 0.1) is 0 Å². The van der Waals surface area contributed by atoms with Gasteiger partial charge >= 0.3 is 0 Å². The van der Waals surface area contributed by atoms with Crippen molar-refractivity contribution in [2.75, 3.05) is 0 Å². The van der Waals surface area contributed by atoms with Crippen molar-refractivity contribution in [3.63, 3.8) is 0 Å². The van der Waals surface area contributed by atoms with Gasteiger partial charge in [-0.15, -0.1) is 22.7 Å². The average molecular weight is 306 g/mol. The summed E-state index contributed by atoms with van der Waals surface area (Å²) in [6.07, 6.45) is 8.74. The first kappa shape index (κ1) is 14.3. The lowest BCUT2D eigenvalue weighted by Crippen LogP contribution is -2.10. The topological polar surface area (TPSA) is 26.0 Å². The maximum atomic E-state index is 6.45. The largest absolute Gasteiger partial charge is 0.323 e. The van der Waals surface area contributed by atoms with Gasteiger partial charge in [0.25, 0.3) is 0 Å². The molecule has 2 aromatic heterocycles. The summed E-state index contributed by atoms with van der Waals surface area (Å²) in [5.41, 5.74) is 8.03. The molecular formula is C17H23NS2. The first-order chi connectivity index (χ1) is 9.76. The molecule has 3 rings (SSSR count). The molecule has 108 valence electrons. The predicted molar refractivity (Wildman–Crippen MR) is 89.9 cm³/mol. The SMILES string of the molecule is CCc1ccc(CC(N)c2cc3c(s2)CCCCC3)s1. The van der Waals surface area contributed by atoms with Gasteiger partial charge in [-0.1, -0.05) is 13.3 Å². The lowest BCUT2D eigenvalue weighted by atomic mass is 10.1. The Morgan fingerprint density at radius 3 is 2.70 bits per heavy atom. The Morgan fingerprint density at radius 2 is 1.90 bits per heavy atom. The molecule has 1 atom stereocenters. The monoisotopic (exact) mass is 305 g/mol. The maximum Gasteiger partial charge on any atom is 0.0438 e. The van der Waals surface area contributed by atoms with Crippen LogP contribution in [-0.2, 0) is 25.7 Å². The van der Waals surface area contributed by atoms with E-state index in [9.17, 15) is 0 Å². The minimum absolute atomic E-state index is 0.176. The molecule has 1 nitrogen and oxygen atoms in total. The highest BCUT2D eigenvalue weighted by Crippen LogP contribution is 2.33. The second-order valence-electron chi connectivity index (χ2n) is 5.69. The van der Waals surface area contributed by atoms with Crippen LogP contribution >= 0.6 is 22.7 Å². The van der Waals surface area contributed by atoms with Crippen LogP contribution in [0.1, 0.15) is 57.3 Å². The summed E-state index contributed by atoms with van der Waals surface area (Å²) in [4.78, 5) is 5.89. The zero-order chi connectivity index (χ0) is 13.9. The Labute approximate surface area is 129 Å². The molecule has 1 aliphatic rings. The Morgan fingerprint density at radius 1 is 1.10 bits per heavy atom. The van der Waals surface area contributed by atoms with E-state index in [0.29, 0.717) is 0 Å². The molecule has 20 heavy (non-hydrogen) atoms. The van der Waals surface area contributed by atoms with Crippen molar-refractivity contribution < 1.29 is 0 Å². The van der Waals surface area contributed by atoms with E-state index in [0.717, 1.165) is 12.8 Å². The third-order valence-corrected chi connectivity index (χ3v) is 6.74. The summed E-state index contributed by atoms with van der Waals surface area (Å²) in [7, 11) is 0. The molecule has 3 heteroatoms. The second-order valence-corrected chi connectivity index (χ2v) is 8.11. The van der Waals surface area contributed by atoms with E-state index in [1.54, 1.807) is 10.4 Å². The lowest BCUT2D eigenvalue weighted by Gasteiger charge is -2.07. The van der Waals surface area contributed by atoms with Gasteiger partial charge in [-0.2, -0.15) is 0 Å². The van der Waals surface area contributed by atoms with Crippen LogP contribution in [0, 0.1) is 0 Å². The number of hydrogen-bond donors (Lipinski definition) is 1. The van der Waals surface area contributed by atoms with Crippen molar-refractivity contribution in [3.8, 4) is 0 Å². The van der Waals surface area contributed by atoms with Crippen molar-refractivity contribution >= 4 is 22.7 Å². The van der Waals surface area contributed by atoms with Crippen LogP contribution < -0.4 is 5.73 Å². The summed E-state index contributed by atoms with van der Waals surface area (Å²) in [6, 6.07) is 7.07. The van der Waals surface area contributed by atoms with Crippen LogP contribution in [0.4, 0.5) is 0 Å². The number of thiophene rings is 2. The fourth-order valence-corrected chi connectivity index (χ4v) is 5.19. The summed E-state index contributed by atoms with van der Waals surface area (Å²) in [6.45, 7) is 2.21. The number of rotatable bonds is 4. The summed E-state index contributed by atoms with van der Waals surface area (Å²) >= 11 is 3.89. The van der Waals surface area contributed by atoms with Gasteiger partial charge in [-0.05, 0) is 55.9 Å². The molecule has 0 bridgehead atoms. The first-order valence-corrected chi connectivity index (χ1v) is 9.34. The van der Waals surface area contributed by atoms with Gasteiger partial charge in [0.2, 0.25) is 0 Å². The van der Waals surface area contributed by atoms with E-state index in [4.69, 9.17) is 5.73 Å². The van der Waals surface area contributed by atoms with E-state index in [-0.39, 0.29) is 6.04 Å². The lowest BCUT2D eigenvalue weighted by molar-refractivity contribution is 0.710. The van der Waals surface area contributed by atoms with Gasteiger partial charge in [-0.3, -0.25) is 0 Å². The minimum Gasteiger partial charge on any atom is -0.323 e. The molecule has 0 spiro atoms. The molecule has 2 heterocycles. The van der Waals surface area contributed by atoms with Crippen LogP contribution in [0.15, 0.2) is 18.2 Å².